The van der Waals surface area contributed by atoms with E-state index in [9.17, 15) is 8.42 Å². The molecule has 0 aliphatic carbocycles. The molecule has 1 unspecified atom stereocenters. The third-order valence-electron chi connectivity index (χ3n) is 1.91. The second-order valence-corrected chi connectivity index (χ2v) is 4.50. The molecule has 1 aromatic rings. The van der Waals surface area contributed by atoms with E-state index in [0.29, 0.717) is 6.61 Å². The Morgan fingerprint density at radius 2 is 1.85 bits per heavy atom. The van der Waals surface area contributed by atoms with Crippen molar-refractivity contribution in [2.24, 2.45) is 5.14 Å². The molecule has 2 rings (SSSR count). The molecule has 5 heteroatoms. The van der Waals surface area contributed by atoms with Gasteiger partial charge in [0.15, 0.2) is 0 Å². The Balaban J connectivity index is 2.33. The van der Waals surface area contributed by atoms with E-state index in [1.165, 1.54) is 12.1 Å². The van der Waals surface area contributed by atoms with Crippen molar-refractivity contribution in [3.8, 4) is 0 Å². The highest BCUT2D eigenvalue weighted by Crippen LogP contribution is 2.29. The molecule has 0 aromatic heterocycles. The number of benzene rings is 1. The summed E-state index contributed by atoms with van der Waals surface area (Å²) >= 11 is 0. The second kappa shape index (κ2) is 2.80. The van der Waals surface area contributed by atoms with Crippen LogP contribution in [0.3, 0.4) is 0 Å². The van der Waals surface area contributed by atoms with Gasteiger partial charge >= 0.3 is 0 Å². The predicted molar refractivity (Wildman–Crippen MR) is 46.5 cm³/mol. The van der Waals surface area contributed by atoms with E-state index >= 15 is 0 Å². The first kappa shape index (κ1) is 8.68. The molecule has 70 valence electrons. The van der Waals surface area contributed by atoms with Crippen LogP contribution in [0.25, 0.3) is 0 Å². The van der Waals surface area contributed by atoms with Gasteiger partial charge in [-0.2, -0.15) is 0 Å². The molecule has 1 aliphatic heterocycles. The normalized spacial score (nSPS) is 21.5. The number of primary sulfonamides is 1. The molecule has 1 atom stereocenters. The molecular formula is C8H9NO3S. The lowest BCUT2D eigenvalue weighted by Gasteiger charge is -1.98. The molecule has 1 saturated heterocycles. The number of ether oxygens (including phenoxy) is 1. The van der Waals surface area contributed by atoms with E-state index in [1.54, 1.807) is 12.1 Å². The molecule has 1 aromatic carbocycles. The van der Waals surface area contributed by atoms with Crippen molar-refractivity contribution in [1.82, 2.24) is 0 Å². The van der Waals surface area contributed by atoms with Crippen LogP contribution in [0.2, 0.25) is 0 Å². The van der Waals surface area contributed by atoms with Crippen LogP contribution in [-0.2, 0) is 14.8 Å². The van der Waals surface area contributed by atoms with Gasteiger partial charge in [0.1, 0.15) is 6.10 Å². The summed E-state index contributed by atoms with van der Waals surface area (Å²) in [5.41, 5.74) is 0.993. The molecule has 4 nitrogen and oxygen atoms in total. The van der Waals surface area contributed by atoms with Crippen molar-refractivity contribution in [2.45, 2.75) is 11.0 Å². The standard InChI is InChI=1S/C8H9NO3S/c9-13(10,11)7-3-1-6(2-4-7)8-5-12-8/h1-4,8H,5H2,(H2,9,10,11). The summed E-state index contributed by atoms with van der Waals surface area (Å²) in [5.74, 6) is 0. The average Bonchev–Trinajstić information content (AvgIpc) is 2.85. The lowest BCUT2D eigenvalue weighted by atomic mass is 10.2. The Labute approximate surface area is 76.4 Å². The van der Waals surface area contributed by atoms with Crippen molar-refractivity contribution >= 4 is 10.0 Å². The lowest BCUT2D eigenvalue weighted by Crippen LogP contribution is -2.11. The Kier molecular flexibility index (Phi) is 1.87. The zero-order valence-corrected chi connectivity index (χ0v) is 7.62. The van der Waals surface area contributed by atoms with E-state index < -0.39 is 10.0 Å². The molecule has 2 N–H and O–H groups in total. The molecule has 0 saturated carbocycles. The van der Waals surface area contributed by atoms with Crippen LogP contribution in [0.5, 0.6) is 0 Å². The maximum Gasteiger partial charge on any atom is 0.238 e. The molecule has 0 radical (unpaired) electrons. The Morgan fingerprint density at radius 1 is 1.31 bits per heavy atom. The van der Waals surface area contributed by atoms with Crippen LogP contribution in [-0.4, -0.2) is 15.0 Å². The largest absolute Gasteiger partial charge is 0.368 e. The minimum absolute atomic E-state index is 0.136. The first-order valence-corrected chi connectivity index (χ1v) is 5.36. The zero-order chi connectivity index (χ0) is 9.47. The van der Waals surface area contributed by atoms with Crippen LogP contribution < -0.4 is 5.14 Å². The van der Waals surface area contributed by atoms with Crippen molar-refractivity contribution in [3.05, 3.63) is 29.8 Å². The molecule has 1 aliphatic rings. The van der Waals surface area contributed by atoms with Gasteiger partial charge in [0, 0.05) is 0 Å². The summed E-state index contributed by atoms with van der Waals surface area (Å²) in [7, 11) is -3.57. The number of hydrogen-bond acceptors (Lipinski definition) is 3. The summed E-state index contributed by atoms with van der Waals surface area (Å²) in [6, 6.07) is 6.42. The van der Waals surface area contributed by atoms with Gasteiger partial charge in [-0.3, -0.25) is 0 Å². The Bertz CT molecular complexity index is 406. The third-order valence-corrected chi connectivity index (χ3v) is 2.84. The minimum Gasteiger partial charge on any atom is -0.368 e. The van der Waals surface area contributed by atoms with Crippen LogP contribution >= 0.6 is 0 Å². The van der Waals surface area contributed by atoms with Gasteiger partial charge in [-0.1, -0.05) is 12.1 Å². The van der Waals surface area contributed by atoms with E-state index in [1.807, 2.05) is 0 Å². The molecule has 1 fully saturated rings. The number of epoxide rings is 1. The zero-order valence-electron chi connectivity index (χ0n) is 6.80. The SMILES string of the molecule is NS(=O)(=O)c1ccc(C2CO2)cc1. The van der Waals surface area contributed by atoms with E-state index in [4.69, 9.17) is 9.88 Å². The lowest BCUT2D eigenvalue weighted by molar-refractivity contribution is 0.415. The smallest absolute Gasteiger partial charge is 0.238 e. The van der Waals surface area contributed by atoms with Crippen LogP contribution in [0.1, 0.15) is 11.7 Å². The fourth-order valence-electron chi connectivity index (χ4n) is 1.11. The van der Waals surface area contributed by atoms with Crippen LogP contribution in [0, 0.1) is 0 Å². The summed E-state index contributed by atoms with van der Waals surface area (Å²) in [6.45, 7) is 0.717. The maximum atomic E-state index is 10.9. The Morgan fingerprint density at radius 3 is 2.23 bits per heavy atom. The van der Waals surface area contributed by atoms with E-state index in [2.05, 4.69) is 0 Å². The monoisotopic (exact) mass is 199 g/mol. The first-order valence-electron chi connectivity index (χ1n) is 3.82. The van der Waals surface area contributed by atoms with Gasteiger partial charge in [0.05, 0.1) is 11.5 Å². The molecule has 0 amide bonds. The highest BCUT2D eigenvalue weighted by Gasteiger charge is 2.24. The first-order chi connectivity index (χ1) is 6.07. The molecule has 1 heterocycles. The van der Waals surface area contributed by atoms with Crippen molar-refractivity contribution in [1.29, 1.82) is 0 Å². The van der Waals surface area contributed by atoms with Crippen LogP contribution in [0.4, 0.5) is 0 Å². The van der Waals surface area contributed by atoms with Gasteiger partial charge in [-0.15, -0.1) is 0 Å². The third kappa shape index (κ3) is 1.88. The summed E-state index contributed by atoms with van der Waals surface area (Å²) < 4.78 is 26.8. The van der Waals surface area contributed by atoms with Gasteiger partial charge in [-0.25, -0.2) is 13.6 Å². The summed E-state index contributed by atoms with van der Waals surface area (Å²) in [4.78, 5) is 0.136. The maximum absolute atomic E-state index is 10.9. The fourth-order valence-corrected chi connectivity index (χ4v) is 1.63. The number of hydrogen-bond donors (Lipinski definition) is 1. The van der Waals surface area contributed by atoms with Gasteiger partial charge in [0.25, 0.3) is 0 Å². The van der Waals surface area contributed by atoms with E-state index in [0.717, 1.165) is 5.56 Å². The Hall–Kier alpha value is -0.910. The van der Waals surface area contributed by atoms with Crippen molar-refractivity contribution in [3.63, 3.8) is 0 Å². The highest BCUT2D eigenvalue weighted by molar-refractivity contribution is 7.89. The number of rotatable bonds is 2. The average molecular weight is 199 g/mol. The summed E-state index contributed by atoms with van der Waals surface area (Å²) in [6.07, 6.45) is 0.148. The van der Waals surface area contributed by atoms with Crippen molar-refractivity contribution in [2.75, 3.05) is 6.61 Å². The van der Waals surface area contributed by atoms with Gasteiger partial charge < -0.3 is 4.74 Å². The predicted octanol–water partition coefficient (Wildman–Crippen LogP) is 0.405. The van der Waals surface area contributed by atoms with Crippen molar-refractivity contribution < 1.29 is 13.2 Å². The van der Waals surface area contributed by atoms with Gasteiger partial charge in [0.2, 0.25) is 10.0 Å². The molecule has 0 spiro atoms. The van der Waals surface area contributed by atoms with E-state index in [-0.39, 0.29) is 11.0 Å². The quantitative estimate of drug-likeness (QED) is 0.701. The fraction of sp³-hybridized carbons (Fsp3) is 0.250. The number of nitrogens with two attached hydrogens (primary N) is 1. The molecule has 13 heavy (non-hydrogen) atoms. The summed E-state index contributed by atoms with van der Waals surface area (Å²) in [5, 5.41) is 4.94. The molecular weight excluding hydrogens is 190 g/mol. The molecule has 0 bridgehead atoms. The van der Waals surface area contributed by atoms with Crippen LogP contribution in [0.15, 0.2) is 29.2 Å². The topological polar surface area (TPSA) is 72.7 Å². The highest BCUT2D eigenvalue weighted by atomic mass is 32.2. The van der Waals surface area contributed by atoms with Gasteiger partial charge in [-0.05, 0) is 17.7 Å². The number of sulfonamides is 1. The minimum atomic E-state index is -3.57. The second-order valence-electron chi connectivity index (χ2n) is 2.94.